The fourth-order valence-corrected chi connectivity index (χ4v) is 2.90. The molecular formula is C14H22N4O2. The van der Waals surface area contributed by atoms with Crippen LogP contribution < -0.4 is 11.3 Å². The summed E-state index contributed by atoms with van der Waals surface area (Å²) in [6.07, 6.45) is 6.41. The van der Waals surface area contributed by atoms with E-state index in [0.717, 1.165) is 12.1 Å². The number of nitrogens with one attached hydrogen (secondary N) is 1. The van der Waals surface area contributed by atoms with Crippen LogP contribution in [-0.4, -0.2) is 22.9 Å². The lowest BCUT2D eigenvalue weighted by Crippen LogP contribution is -2.32. The third kappa shape index (κ3) is 3.46. The molecule has 0 heterocycles. The molecule has 1 saturated carbocycles. The Labute approximate surface area is 119 Å². The molecule has 3 N–H and O–H groups in total. The quantitative estimate of drug-likeness (QED) is 0.491. The number of hydrogen-bond donors (Lipinski definition) is 2. The fourth-order valence-electron chi connectivity index (χ4n) is 2.90. The van der Waals surface area contributed by atoms with E-state index in [4.69, 9.17) is 5.84 Å². The van der Waals surface area contributed by atoms with Gasteiger partial charge in [-0.2, -0.15) is 0 Å². The molecule has 1 aliphatic rings. The molecule has 1 aromatic carbocycles. The standard InChI is InChI=1S/C14H22N4O2/c1-17(12-5-3-2-4-6-12)10-11-7-8-14(18(19)20)13(9-11)16-15/h7-9,12,16H,2-6,10,15H2,1H3. The van der Waals surface area contributed by atoms with Crippen molar-refractivity contribution in [2.24, 2.45) is 5.84 Å². The molecule has 0 unspecified atom stereocenters. The van der Waals surface area contributed by atoms with E-state index in [-0.39, 0.29) is 5.69 Å². The van der Waals surface area contributed by atoms with Crippen molar-refractivity contribution in [2.45, 2.75) is 44.7 Å². The fraction of sp³-hybridized carbons (Fsp3) is 0.571. The summed E-state index contributed by atoms with van der Waals surface area (Å²) < 4.78 is 0. The van der Waals surface area contributed by atoms with Crippen molar-refractivity contribution in [3.05, 3.63) is 33.9 Å². The molecule has 1 aromatic rings. The van der Waals surface area contributed by atoms with Gasteiger partial charge in [0.05, 0.1) is 4.92 Å². The Morgan fingerprint density at radius 1 is 1.40 bits per heavy atom. The molecule has 1 aliphatic carbocycles. The van der Waals surface area contributed by atoms with Crippen LogP contribution in [0.3, 0.4) is 0 Å². The van der Waals surface area contributed by atoms with E-state index in [1.165, 1.54) is 38.2 Å². The van der Waals surface area contributed by atoms with Gasteiger partial charge in [-0.15, -0.1) is 0 Å². The molecular weight excluding hydrogens is 256 g/mol. The molecule has 2 rings (SSSR count). The average Bonchev–Trinajstić information content (AvgIpc) is 2.47. The topological polar surface area (TPSA) is 84.4 Å². The Morgan fingerprint density at radius 3 is 2.70 bits per heavy atom. The number of nitro groups is 1. The molecule has 0 atom stereocenters. The lowest BCUT2D eigenvalue weighted by molar-refractivity contribution is -0.384. The van der Waals surface area contributed by atoms with Gasteiger partial charge in [-0.05, 0) is 31.5 Å². The van der Waals surface area contributed by atoms with E-state index in [9.17, 15) is 10.1 Å². The number of nitro benzene ring substituents is 1. The summed E-state index contributed by atoms with van der Waals surface area (Å²) in [4.78, 5) is 12.8. The van der Waals surface area contributed by atoms with E-state index in [2.05, 4.69) is 17.4 Å². The highest BCUT2D eigenvalue weighted by molar-refractivity contribution is 5.62. The molecule has 110 valence electrons. The second-order valence-corrected chi connectivity index (χ2v) is 5.46. The van der Waals surface area contributed by atoms with Crippen LogP contribution in [0.5, 0.6) is 0 Å². The maximum absolute atomic E-state index is 10.9. The highest BCUT2D eigenvalue weighted by atomic mass is 16.6. The van der Waals surface area contributed by atoms with Gasteiger partial charge in [0, 0.05) is 18.7 Å². The third-order valence-corrected chi connectivity index (χ3v) is 4.04. The molecule has 0 saturated heterocycles. The minimum atomic E-state index is -0.427. The Bertz CT molecular complexity index is 472. The zero-order valence-electron chi connectivity index (χ0n) is 11.8. The van der Waals surface area contributed by atoms with Crippen molar-refractivity contribution in [1.29, 1.82) is 0 Å². The summed E-state index contributed by atoms with van der Waals surface area (Å²) in [5, 5.41) is 10.9. The van der Waals surface area contributed by atoms with Crippen LogP contribution in [0, 0.1) is 10.1 Å². The Kier molecular flexibility index (Phi) is 4.92. The van der Waals surface area contributed by atoms with E-state index in [0.29, 0.717) is 11.7 Å². The van der Waals surface area contributed by atoms with Gasteiger partial charge in [-0.3, -0.25) is 20.9 Å². The normalized spacial score (nSPS) is 16.4. The third-order valence-electron chi connectivity index (χ3n) is 4.04. The van der Waals surface area contributed by atoms with Crippen molar-refractivity contribution in [3.8, 4) is 0 Å². The second kappa shape index (κ2) is 6.67. The maximum Gasteiger partial charge on any atom is 0.293 e. The molecule has 0 spiro atoms. The van der Waals surface area contributed by atoms with Crippen molar-refractivity contribution in [1.82, 2.24) is 4.90 Å². The number of nitrogens with zero attached hydrogens (tertiary/aromatic N) is 2. The minimum absolute atomic E-state index is 0.0107. The van der Waals surface area contributed by atoms with Gasteiger partial charge >= 0.3 is 0 Å². The monoisotopic (exact) mass is 278 g/mol. The lowest BCUT2D eigenvalue weighted by Gasteiger charge is -2.31. The van der Waals surface area contributed by atoms with Gasteiger partial charge in [0.25, 0.3) is 5.69 Å². The summed E-state index contributed by atoms with van der Waals surface area (Å²) in [5.41, 5.74) is 3.82. The summed E-state index contributed by atoms with van der Waals surface area (Å²) in [7, 11) is 2.12. The Morgan fingerprint density at radius 2 is 2.10 bits per heavy atom. The van der Waals surface area contributed by atoms with Gasteiger partial charge in [-0.25, -0.2) is 0 Å². The van der Waals surface area contributed by atoms with Crippen LogP contribution in [0.4, 0.5) is 11.4 Å². The highest BCUT2D eigenvalue weighted by Gasteiger charge is 2.19. The van der Waals surface area contributed by atoms with Crippen LogP contribution >= 0.6 is 0 Å². The first-order chi connectivity index (χ1) is 9.61. The molecule has 0 radical (unpaired) electrons. The molecule has 6 heteroatoms. The number of anilines is 1. The van der Waals surface area contributed by atoms with E-state index >= 15 is 0 Å². The maximum atomic E-state index is 10.9. The smallest absolute Gasteiger partial charge is 0.293 e. The number of hydrazine groups is 1. The van der Waals surface area contributed by atoms with Crippen LogP contribution in [0.15, 0.2) is 18.2 Å². The molecule has 20 heavy (non-hydrogen) atoms. The SMILES string of the molecule is CN(Cc1ccc([N+](=O)[O-])c(NN)c1)C1CCCCC1. The Balaban J connectivity index is 2.07. The number of rotatable bonds is 5. The highest BCUT2D eigenvalue weighted by Crippen LogP contribution is 2.27. The van der Waals surface area contributed by atoms with Gasteiger partial charge in [0.2, 0.25) is 0 Å². The van der Waals surface area contributed by atoms with Crippen molar-refractivity contribution in [2.75, 3.05) is 12.5 Å². The van der Waals surface area contributed by atoms with Crippen molar-refractivity contribution < 1.29 is 4.92 Å². The van der Waals surface area contributed by atoms with E-state index in [1.807, 2.05) is 0 Å². The van der Waals surface area contributed by atoms with Crippen LogP contribution in [0.1, 0.15) is 37.7 Å². The summed E-state index contributed by atoms with van der Waals surface area (Å²) in [6, 6.07) is 5.70. The number of nitrogen functional groups attached to an aromatic ring is 1. The average molecular weight is 278 g/mol. The van der Waals surface area contributed by atoms with Gasteiger partial charge in [0.15, 0.2) is 0 Å². The first-order valence-electron chi connectivity index (χ1n) is 7.06. The van der Waals surface area contributed by atoms with Crippen LogP contribution in [0.25, 0.3) is 0 Å². The molecule has 0 aliphatic heterocycles. The number of nitrogens with two attached hydrogens (primary N) is 1. The number of hydrogen-bond acceptors (Lipinski definition) is 5. The largest absolute Gasteiger partial charge is 0.318 e. The van der Waals surface area contributed by atoms with Gasteiger partial charge in [-0.1, -0.05) is 25.3 Å². The zero-order chi connectivity index (χ0) is 14.5. The Hall–Kier alpha value is -1.66. The zero-order valence-corrected chi connectivity index (χ0v) is 11.8. The van der Waals surface area contributed by atoms with Gasteiger partial charge < -0.3 is 5.43 Å². The number of benzene rings is 1. The molecule has 1 fully saturated rings. The molecule has 0 amide bonds. The minimum Gasteiger partial charge on any atom is -0.318 e. The summed E-state index contributed by atoms with van der Waals surface area (Å²) in [6.45, 7) is 0.789. The first-order valence-corrected chi connectivity index (χ1v) is 7.06. The van der Waals surface area contributed by atoms with Gasteiger partial charge in [0.1, 0.15) is 5.69 Å². The van der Waals surface area contributed by atoms with Crippen molar-refractivity contribution >= 4 is 11.4 Å². The molecule has 0 aromatic heterocycles. The second-order valence-electron chi connectivity index (χ2n) is 5.46. The molecule has 6 nitrogen and oxygen atoms in total. The van der Waals surface area contributed by atoms with E-state index < -0.39 is 4.92 Å². The molecule has 0 bridgehead atoms. The predicted octanol–water partition coefficient (Wildman–Crippen LogP) is 2.64. The predicted molar refractivity (Wildman–Crippen MR) is 79.2 cm³/mol. The van der Waals surface area contributed by atoms with E-state index in [1.54, 1.807) is 12.1 Å². The summed E-state index contributed by atoms with van der Waals surface area (Å²) in [5.74, 6) is 5.36. The van der Waals surface area contributed by atoms with Crippen molar-refractivity contribution in [3.63, 3.8) is 0 Å². The lowest BCUT2D eigenvalue weighted by atomic mass is 9.94. The van der Waals surface area contributed by atoms with Crippen LogP contribution in [-0.2, 0) is 6.54 Å². The van der Waals surface area contributed by atoms with Crippen LogP contribution in [0.2, 0.25) is 0 Å². The summed E-state index contributed by atoms with van der Waals surface area (Å²) >= 11 is 0. The first kappa shape index (κ1) is 14.7.